The van der Waals surface area contributed by atoms with Crippen LogP contribution in [0.15, 0.2) is 70.5 Å². The van der Waals surface area contributed by atoms with Crippen LogP contribution in [0.4, 0.5) is 0 Å². The number of ketones is 1. The maximum atomic E-state index is 13.4. The standard InChI is InChI=1S/C26H19ClN2O4S/c1-14-3-6-16(7-4-14)19-13-34-26(28-19)29-22(17-8-10-18(27)11-9-17)21(24(31)25(29)32)23(30)20-12-5-15(2)33-20/h3-13,31-32H,1-2H3. The smallest absolute Gasteiger partial charge is 0.242 e. The number of rotatable bonds is 5. The lowest BCUT2D eigenvalue weighted by molar-refractivity contribution is 0.101. The zero-order valence-corrected chi connectivity index (χ0v) is 19.8. The second-order valence-corrected chi connectivity index (χ2v) is 9.13. The molecule has 6 nitrogen and oxygen atoms in total. The van der Waals surface area contributed by atoms with Crippen LogP contribution < -0.4 is 0 Å². The summed E-state index contributed by atoms with van der Waals surface area (Å²) in [5.74, 6) is -0.973. The monoisotopic (exact) mass is 490 g/mol. The Morgan fingerprint density at radius 2 is 1.65 bits per heavy atom. The molecule has 34 heavy (non-hydrogen) atoms. The van der Waals surface area contributed by atoms with Gasteiger partial charge in [-0.2, -0.15) is 0 Å². The lowest BCUT2D eigenvalue weighted by Crippen LogP contribution is -2.04. The van der Waals surface area contributed by atoms with Crippen molar-refractivity contribution < 1.29 is 19.4 Å². The molecule has 0 bridgehead atoms. The van der Waals surface area contributed by atoms with Gasteiger partial charge in [-0.25, -0.2) is 4.98 Å². The van der Waals surface area contributed by atoms with Gasteiger partial charge in [-0.3, -0.25) is 9.36 Å². The van der Waals surface area contributed by atoms with Crippen LogP contribution >= 0.6 is 22.9 Å². The Balaban J connectivity index is 1.72. The first-order chi connectivity index (χ1) is 16.3. The Bertz CT molecular complexity index is 1510. The van der Waals surface area contributed by atoms with E-state index in [0.29, 0.717) is 27.2 Å². The molecule has 0 aliphatic carbocycles. The molecule has 8 heteroatoms. The topological polar surface area (TPSA) is 88.5 Å². The van der Waals surface area contributed by atoms with E-state index in [2.05, 4.69) is 4.98 Å². The summed E-state index contributed by atoms with van der Waals surface area (Å²) in [6.07, 6.45) is 0. The zero-order valence-electron chi connectivity index (χ0n) is 18.2. The molecule has 0 amide bonds. The summed E-state index contributed by atoms with van der Waals surface area (Å²) in [6.45, 7) is 3.73. The van der Waals surface area contributed by atoms with Crippen molar-refractivity contribution in [2.75, 3.05) is 0 Å². The number of nitrogens with zero attached hydrogens (tertiary/aromatic N) is 2. The number of halogens is 1. The maximum Gasteiger partial charge on any atom is 0.242 e. The molecule has 0 saturated heterocycles. The highest BCUT2D eigenvalue weighted by atomic mass is 35.5. The minimum absolute atomic E-state index is 0.0552. The SMILES string of the molecule is Cc1ccc(-c2csc(-n3c(O)c(O)c(C(=O)c4ccc(C)o4)c3-c3ccc(Cl)cc3)n2)cc1. The molecule has 0 unspecified atom stereocenters. The molecule has 3 aromatic heterocycles. The molecular weight excluding hydrogens is 472 g/mol. The van der Waals surface area contributed by atoms with Crippen molar-refractivity contribution in [2.45, 2.75) is 13.8 Å². The summed E-state index contributed by atoms with van der Waals surface area (Å²) >= 11 is 7.36. The highest BCUT2D eigenvalue weighted by Crippen LogP contribution is 2.45. The molecule has 0 atom stereocenters. The van der Waals surface area contributed by atoms with E-state index in [1.165, 1.54) is 22.0 Å². The normalized spacial score (nSPS) is 11.1. The van der Waals surface area contributed by atoms with Gasteiger partial charge in [0.2, 0.25) is 11.7 Å². The van der Waals surface area contributed by atoms with Gasteiger partial charge in [-0.05, 0) is 43.7 Å². The Kier molecular flexibility index (Phi) is 5.51. The van der Waals surface area contributed by atoms with Gasteiger partial charge in [0, 0.05) is 16.0 Å². The summed E-state index contributed by atoms with van der Waals surface area (Å²) in [5, 5.41) is 24.6. The molecule has 0 spiro atoms. The third-order valence-electron chi connectivity index (χ3n) is 5.46. The van der Waals surface area contributed by atoms with Gasteiger partial charge in [0.05, 0.1) is 17.0 Å². The summed E-state index contributed by atoms with van der Waals surface area (Å²) in [7, 11) is 0. The number of benzene rings is 2. The van der Waals surface area contributed by atoms with Gasteiger partial charge in [-0.1, -0.05) is 53.6 Å². The van der Waals surface area contributed by atoms with Gasteiger partial charge in [0.1, 0.15) is 5.76 Å². The van der Waals surface area contributed by atoms with Gasteiger partial charge in [0.15, 0.2) is 16.6 Å². The van der Waals surface area contributed by atoms with Crippen molar-refractivity contribution in [3.8, 4) is 39.3 Å². The van der Waals surface area contributed by atoms with Gasteiger partial charge in [0.25, 0.3) is 0 Å². The molecule has 2 aromatic carbocycles. The summed E-state index contributed by atoms with van der Waals surface area (Å²) < 4.78 is 6.88. The second-order valence-electron chi connectivity index (χ2n) is 7.86. The number of hydrogen-bond donors (Lipinski definition) is 2. The highest BCUT2D eigenvalue weighted by molar-refractivity contribution is 7.12. The van der Waals surface area contributed by atoms with E-state index in [1.54, 1.807) is 37.3 Å². The van der Waals surface area contributed by atoms with E-state index in [-0.39, 0.29) is 17.0 Å². The number of aromatic nitrogens is 2. The predicted octanol–water partition coefficient (Wildman–Crippen LogP) is 6.77. The average molecular weight is 491 g/mol. The number of thiazole rings is 1. The van der Waals surface area contributed by atoms with Gasteiger partial charge in [-0.15, -0.1) is 11.3 Å². The van der Waals surface area contributed by atoms with Crippen LogP contribution in [0.2, 0.25) is 5.02 Å². The maximum absolute atomic E-state index is 13.4. The molecule has 0 aliphatic rings. The van der Waals surface area contributed by atoms with Crippen molar-refractivity contribution in [1.29, 1.82) is 0 Å². The lowest BCUT2D eigenvalue weighted by Gasteiger charge is -2.09. The van der Waals surface area contributed by atoms with Crippen LogP contribution in [-0.2, 0) is 0 Å². The molecule has 170 valence electrons. The molecule has 0 radical (unpaired) electrons. The number of hydrogen-bond acceptors (Lipinski definition) is 6. The minimum Gasteiger partial charge on any atom is -0.503 e. The molecular formula is C26H19ClN2O4S. The quantitative estimate of drug-likeness (QED) is 0.265. The van der Waals surface area contributed by atoms with Crippen LogP contribution in [0.1, 0.15) is 27.4 Å². The largest absolute Gasteiger partial charge is 0.503 e. The third kappa shape index (κ3) is 3.79. The number of aryl methyl sites for hydroxylation is 2. The van der Waals surface area contributed by atoms with Crippen LogP contribution in [0.25, 0.3) is 27.6 Å². The molecule has 3 heterocycles. The van der Waals surface area contributed by atoms with E-state index in [0.717, 1.165) is 11.1 Å². The van der Waals surface area contributed by atoms with Crippen molar-refractivity contribution in [3.63, 3.8) is 0 Å². The van der Waals surface area contributed by atoms with Crippen molar-refractivity contribution in [2.24, 2.45) is 0 Å². The third-order valence-corrected chi connectivity index (χ3v) is 6.54. The Hall–Kier alpha value is -3.81. The number of carbonyl (C=O) groups is 1. The molecule has 0 fully saturated rings. The van der Waals surface area contributed by atoms with Crippen molar-refractivity contribution >= 4 is 28.7 Å². The van der Waals surface area contributed by atoms with Gasteiger partial charge >= 0.3 is 0 Å². The fourth-order valence-electron chi connectivity index (χ4n) is 3.73. The molecule has 0 saturated carbocycles. The fraction of sp³-hybridized carbons (Fsp3) is 0.0769. The Morgan fingerprint density at radius 3 is 2.29 bits per heavy atom. The van der Waals surface area contributed by atoms with Gasteiger partial charge < -0.3 is 14.6 Å². The lowest BCUT2D eigenvalue weighted by atomic mass is 10.0. The van der Waals surface area contributed by atoms with Crippen LogP contribution in [0, 0.1) is 13.8 Å². The van der Waals surface area contributed by atoms with E-state index >= 15 is 0 Å². The van der Waals surface area contributed by atoms with Crippen LogP contribution in [-0.4, -0.2) is 25.5 Å². The first-order valence-corrected chi connectivity index (χ1v) is 11.7. The number of furan rings is 1. The first-order valence-electron chi connectivity index (χ1n) is 10.4. The molecule has 0 aliphatic heterocycles. The van der Waals surface area contributed by atoms with Crippen LogP contribution in [0.3, 0.4) is 0 Å². The summed E-state index contributed by atoms with van der Waals surface area (Å²) in [5.41, 5.74) is 3.53. The zero-order chi connectivity index (χ0) is 24.0. The Labute approximate surface area is 204 Å². The van der Waals surface area contributed by atoms with E-state index in [4.69, 9.17) is 16.0 Å². The van der Waals surface area contributed by atoms with Crippen LogP contribution in [0.5, 0.6) is 11.6 Å². The summed E-state index contributed by atoms with van der Waals surface area (Å²) in [4.78, 5) is 18.1. The van der Waals surface area contributed by atoms with Crippen molar-refractivity contribution in [1.82, 2.24) is 9.55 Å². The van der Waals surface area contributed by atoms with Crippen molar-refractivity contribution in [3.05, 3.63) is 93.7 Å². The second kappa shape index (κ2) is 8.52. The molecule has 5 aromatic rings. The molecule has 5 rings (SSSR count). The highest BCUT2D eigenvalue weighted by Gasteiger charge is 2.32. The average Bonchev–Trinajstić information content (AvgIpc) is 3.54. The molecule has 2 N–H and O–H groups in total. The fourth-order valence-corrected chi connectivity index (χ4v) is 4.70. The minimum atomic E-state index is -0.556. The first kappa shape index (κ1) is 22.0. The van der Waals surface area contributed by atoms with E-state index < -0.39 is 17.4 Å². The summed E-state index contributed by atoms with van der Waals surface area (Å²) in [6, 6.07) is 17.9. The van der Waals surface area contributed by atoms with E-state index in [1.807, 2.05) is 36.6 Å². The predicted molar refractivity (Wildman–Crippen MR) is 132 cm³/mol. The Morgan fingerprint density at radius 1 is 0.971 bits per heavy atom. The number of carbonyl (C=O) groups excluding carboxylic acids is 1. The van der Waals surface area contributed by atoms with E-state index in [9.17, 15) is 15.0 Å². The number of aromatic hydroxyl groups is 2.